The predicted octanol–water partition coefficient (Wildman–Crippen LogP) is 3.95. The number of nitro benzene ring substituents is 1. The fourth-order valence-corrected chi connectivity index (χ4v) is 2.75. The largest absolute Gasteiger partial charge is 0.497 e. The number of ether oxygens (including phenoxy) is 3. The van der Waals surface area contributed by atoms with Crippen molar-refractivity contribution >= 4 is 17.8 Å². The topological polar surface area (TPSA) is 112 Å². The van der Waals surface area contributed by atoms with Crippen LogP contribution in [0.3, 0.4) is 0 Å². The highest BCUT2D eigenvalue weighted by molar-refractivity contribution is 5.95. The average Bonchev–Trinajstić information content (AvgIpc) is 2.83. The molecular weight excluding hydrogens is 414 g/mol. The van der Waals surface area contributed by atoms with E-state index in [1.807, 2.05) is 0 Å². The lowest BCUT2D eigenvalue weighted by Gasteiger charge is -2.11. The molecule has 1 amide bonds. The second-order valence-electron chi connectivity index (χ2n) is 6.55. The SMILES string of the molecule is COc1cccc(C(=O)N/N=C\c2ccc(OCc3ccc([N+](=O)[O-])cc3)c(OC)c2)c1. The van der Waals surface area contributed by atoms with Crippen LogP contribution >= 0.6 is 0 Å². The monoisotopic (exact) mass is 435 g/mol. The average molecular weight is 435 g/mol. The Balaban J connectivity index is 1.61. The van der Waals surface area contributed by atoms with Crippen LogP contribution in [0.2, 0.25) is 0 Å². The number of nitrogens with zero attached hydrogens (tertiary/aromatic N) is 2. The fraction of sp³-hybridized carbons (Fsp3) is 0.130. The summed E-state index contributed by atoms with van der Waals surface area (Å²) in [6.45, 7) is 0.221. The van der Waals surface area contributed by atoms with Crippen LogP contribution in [-0.4, -0.2) is 31.3 Å². The van der Waals surface area contributed by atoms with Crippen LogP contribution < -0.4 is 19.6 Å². The number of hydrogen-bond donors (Lipinski definition) is 1. The number of carbonyl (C=O) groups excluding carboxylic acids is 1. The van der Waals surface area contributed by atoms with Gasteiger partial charge in [-0.2, -0.15) is 5.10 Å². The van der Waals surface area contributed by atoms with Gasteiger partial charge in [-0.3, -0.25) is 14.9 Å². The van der Waals surface area contributed by atoms with Gasteiger partial charge in [-0.1, -0.05) is 6.07 Å². The number of amides is 1. The van der Waals surface area contributed by atoms with Crippen molar-refractivity contribution in [3.05, 3.63) is 93.5 Å². The Morgan fingerprint density at radius 3 is 2.50 bits per heavy atom. The quantitative estimate of drug-likeness (QED) is 0.309. The third-order valence-electron chi connectivity index (χ3n) is 4.44. The summed E-state index contributed by atoms with van der Waals surface area (Å²) < 4.78 is 16.2. The molecule has 0 aliphatic carbocycles. The van der Waals surface area contributed by atoms with Crippen molar-refractivity contribution in [3.63, 3.8) is 0 Å². The van der Waals surface area contributed by atoms with Gasteiger partial charge in [0.2, 0.25) is 0 Å². The number of carbonyl (C=O) groups is 1. The zero-order chi connectivity index (χ0) is 22.9. The van der Waals surface area contributed by atoms with Gasteiger partial charge in [0.05, 0.1) is 25.4 Å². The second-order valence-corrected chi connectivity index (χ2v) is 6.55. The molecule has 3 rings (SSSR count). The number of benzene rings is 3. The molecule has 0 spiro atoms. The van der Waals surface area contributed by atoms with E-state index in [4.69, 9.17) is 14.2 Å². The molecule has 9 heteroatoms. The van der Waals surface area contributed by atoms with Crippen LogP contribution in [0, 0.1) is 10.1 Å². The summed E-state index contributed by atoms with van der Waals surface area (Å²) >= 11 is 0. The molecule has 0 aliphatic heterocycles. The maximum atomic E-state index is 12.2. The normalized spacial score (nSPS) is 10.6. The molecule has 0 bridgehead atoms. The van der Waals surface area contributed by atoms with Gasteiger partial charge in [0.15, 0.2) is 11.5 Å². The Kier molecular flexibility index (Phi) is 7.37. The number of nitrogens with one attached hydrogen (secondary N) is 1. The van der Waals surface area contributed by atoms with Crippen molar-refractivity contribution in [1.29, 1.82) is 0 Å². The number of methoxy groups -OCH3 is 2. The Morgan fingerprint density at radius 2 is 1.81 bits per heavy atom. The van der Waals surface area contributed by atoms with E-state index in [0.717, 1.165) is 5.56 Å². The molecule has 164 valence electrons. The summed E-state index contributed by atoms with van der Waals surface area (Å²) in [7, 11) is 3.04. The summed E-state index contributed by atoms with van der Waals surface area (Å²) in [5.41, 5.74) is 4.38. The third kappa shape index (κ3) is 5.82. The molecule has 0 unspecified atom stereocenters. The van der Waals surface area contributed by atoms with E-state index in [-0.39, 0.29) is 18.2 Å². The van der Waals surface area contributed by atoms with Gasteiger partial charge in [-0.05, 0) is 59.7 Å². The molecule has 0 aromatic heterocycles. The number of hydrazone groups is 1. The summed E-state index contributed by atoms with van der Waals surface area (Å²) in [5.74, 6) is 1.20. The zero-order valence-electron chi connectivity index (χ0n) is 17.5. The van der Waals surface area contributed by atoms with E-state index in [2.05, 4.69) is 10.5 Å². The molecule has 3 aromatic carbocycles. The lowest BCUT2D eigenvalue weighted by molar-refractivity contribution is -0.384. The summed E-state index contributed by atoms with van der Waals surface area (Å²) in [4.78, 5) is 22.5. The molecule has 0 aliphatic rings. The molecule has 0 saturated heterocycles. The summed E-state index contributed by atoms with van der Waals surface area (Å²) in [6.07, 6.45) is 1.49. The van der Waals surface area contributed by atoms with Crippen LogP contribution in [0.4, 0.5) is 5.69 Å². The molecule has 3 aromatic rings. The molecule has 0 fully saturated rings. The molecular formula is C23H21N3O6. The van der Waals surface area contributed by atoms with Crippen molar-refractivity contribution in [2.24, 2.45) is 5.10 Å². The number of rotatable bonds is 9. The highest BCUT2D eigenvalue weighted by Crippen LogP contribution is 2.28. The van der Waals surface area contributed by atoms with Crippen LogP contribution in [0.1, 0.15) is 21.5 Å². The maximum Gasteiger partial charge on any atom is 0.271 e. The van der Waals surface area contributed by atoms with Gasteiger partial charge in [-0.15, -0.1) is 0 Å². The number of nitro groups is 1. The molecule has 1 N–H and O–H groups in total. The first kappa shape index (κ1) is 22.3. The molecule has 0 saturated carbocycles. The highest BCUT2D eigenvalue weighted by atomic mass is 16.6. The Labute approximate surface area is 184 Å². The van der Waals surface area contributed by atoms with Crippen molar-refractivity contribution in [1.82, 2.24) is 5.43 Å². The third-order valence-corrected chi connectivity index (χ3v) is 4.44. The first-order chi connectivity index (χ1) is 15.5. The van der Waals surface area contributed by atoms with Crippen molar-refractivity contribution in [2.45, 2.75) is 6.61 Å². The number of non-ortho nitro benzene ring substituents is 1. The van der Waals surface area contributed by atoms with Crippen molar-refractivity contribution < 1.29 is 23.9 Å². The fourth-order valence-electron chi connectivity index (χ4n) is 2.75. The van der Waals surface area contributed by atoms with Gasteiger partial charge in [0.1, 0.15) is 12.4 Å². The lowest BCUT2D eigenvalue weighted by Crippen LogP contribution is -2.17. The molecule has 9 nitrogen and oxygen atoms in total. The van der Waals surface area contributed by atoms with E-state index >= 15 is 0 Å². The van der Waals surface area contributed by atoms with Gasteiger partial charge in [0.25, 0.3) is 11.6 Å². The van der Waals surface area contributed by atoms with E-state index in [1.165, 1.54) is 32.6 Å². The molecule has 0 radical (unpaired) electrons. The zero-order valence-corrected chi connectivity index (χ0v) is 17.5. The minimum absolute atomic E-state index is 0.0217. The van der Waals surface area contributed by atoms with Crippen LogP contribution in [0.5, 0.6) is 17.2 Å². The van der Waals surface area contributed by atoms with Gasteiger partial charge >= 0.3 is 0 Å². The predicted molar refractivity (Wildman–Crippen MR) is 118 cm³/mol. The maximum absolute atomic E-state index is 12.2. The van der Waals surface area contributed by atoms with E-state index < -0.39 is 4.92 Å². The standard InChI is InChI=1S/C23H21N3O6/c1-30-20-5-3-4-18(13-20)23(27)25-24-14-17-8-11-21(22(12-17)31-2)32-15-16-6-9-19(10-7-16)26(28)29/h3-14H,15H2,1-2H3,(H,25,27)/b24-14-. The summed E-state index contributed by atoms with van der Waals surface area (Å²) in [6, 6.07) is 18.1. The van der Waals surface area contributed by atoms with Crippen LogP contribution in [0.25, 0.3) is 0 Å². The Hall–Kier alpha value is -4.40. The van der Waals surface area contributed by atoms with Crippen molar-refractivity contribution in [3.8, 4) is 17.2 Å². The Bertz CT molecular complexity index is 1130. The smallest absolute Gasteiger partial charge is 0.271 e. The highest BCUT2D eigenvalue weighted by Gasteiger charge is 2.08. The summed E-state index contributed by atoms with van der Waals surface area (Å²) in [5, 5.41) is 14.7. The van der Waals surface area contributed by atoms with E-state index in [1.54, 1.807) is 54.6 Å². The lowest BCUT2D eigenvalue weighted by atomic mass is 10.2. The molecule has 0 atom stereocenters. The van der Waals surface area contributed by atoms with Gasteiger partial charge in [0, 0.05) is 17.7 Å². The molecule has 32 heavy (non-hydrogen) atoms. The van der Waals surface area contributed by atoms with Crippen LogP contribution in [0.15, 0.2) is 71.8 Å². The van der Waals surface area contributed by atoms with Crippen LogP contribution in [-0.2, 0) is 6.61 Å². The van der Waals surface area contributed by atoms with Gasteiger partial charge < -0.3 is 14.2 Å². The minimum atomic E-state index is -0.451. The van der Waals surface area contributed by atoms with Crippen molar-refractivity contribution in [2.75, 3.05) is 14.2 Å². The Morgan fingerprint density at radius 1 is 1.03 bits per heavy atom. The first-order valence-electron chi connectivity index (χ1n) is 9.52. The number of hydrogen-bond acceptors (Lipinski definition) is 7. The minimum Gasteiger partial charge on any atom is -0.497 e. The van der Waals surface area contributed by atoms with E-state index in [9.17, 15) is 14.9 Å². The van der Waals surface area contributed by atoms with Gasteiger partial charge in [-0.25, -0.2) is 5.43 Å². The second kappa shape index (κ2) is 10.6. The van der Waals surface area contributed by atoms with E-state index in [0.29, 0.717) is 28.4 Å². The first-order valence-corrected chi connectivity index (χ1v) is 9.52. The molecule has 0 heterocycles.